The van der Waals surface area contributed by atoms with E-state index in [2.05, 4.69) is 17.3 Å². The second-order valence-electron chi connectivity index (χ2n) is 5.30. The number of nitrogens with one attached hydrogen (secondary N) is 1. The number of benzene rings is 1. The van der Waals surface area contributed by atoms with Gasteiger partial charge >= 0.3 is 5.97 Å². The highest BCUT2D eigenvalue weighted by Gasteiger charge is 2.19. The third-order valence-corrected chi connectivity index (χ3v) is 3.71. The van der Waals surface area contributed by atoms with Gasteiger partial charge in [0.25, 0.3) is 0 Å². The molecule has 22 heavy (non-hydrogen) atoms. The van der Waals surface area contributed by atoms with E-state index in [4.69, 9.17) is 4.74 Å². The van der Waals surface area contributed by atoms with Crippen LogP contribution in [-0.4, -0.2) is 68.1 Å². The predicted octanol–water partition coefficient (Wildman–Crippen LogP) is 1.05. The van der Waals surface area contributed by atoms with Crippen LogP contribution in [0.2, 0.25) is 0 Å². The summed E-state index contributed by atoms with van der Waals surface area (Å²) in [6, 6.07) is 7.08. The molecule has 1 aliphatic rings. The summed E-state index contributed by atoms with van der Waals surface area (Å²) >= 11 is 0. The lowest BCUT2D eigenvalue weighted by molar-refractivity contribution is -0.130. The van der Waals surface area contributed by atoms with Crippen molar-refractivity contribution in [2.24, 2.45) is 0 Å². The first-order chi connectivity index (χ1) is 10.6. The normalized spacial score (nSPS) is 15.5. The molecule has 6 nitrogen and oxygen atoms in total. The van der Waals surface area contributed by atoms with Crippen LogP contribution in [0.25, 0.3) is 0 Å². The van der Waals surface area contributed by atoms with Crippen LogP contribution < -0.4 is 5.32 Å². The van der Waals surface area contributed by atoms with E-state index in [9.17, 15) is 9.59 Å². The van der Waals surface area contributed by atoms with Gasteiger partial charge in [0, 0.05) is 31.9 Å². The van der Waals surface area contributed by atoms with Gasteiger partial charge in [-0.15, -0.1) is 0 Å². The van der Waals surface area contributed by atoms with Crippen LogP contribution in [0.5, 0.6) is 0 Å². The van der Waals surface area contributed by atoms with E-state index < -0.39 is 0 Å². The Balaban J connectivity index is 1.94. The molecule has 1 N–H and O–H groups in total. The van der Waals surface area contributed by atoms with Gasteiger partial charge in [-0.3, -0.25) is 4.79 Å². The minimum absolute atomic E-state index is 0.0479. The number of rotatable bonds is 5. The maximum atomic E-state index is 12.2. The number of carbonyl (C=O) groups is 2. The van der Waals surface area contributed by atoms with Crippen molar-refractivity contribution < 1.29 is 14.3 Å². The van der Waals surface area contributed by atoms with Crippen LogP contribution in [-0.2, 0) is 9.53 Å². The number of nitrogens with zero attached hydrogens (tertiary/aromatic N) is 2. The third kappa shape index (κ3) is 4.21. The molecule has 1 fully saturated rings. The molecule has 1 heterocycles. The molecule has 0 unspecified atom stereocenters. The SMILES string of the molecule is CCOC(=O)c1ccccc1NCC(=O)N1CCN(C)CC1. The van der Waals surface area contributed by atoms with Crippen LogP contribution in [0.4, 0.5) is 5.69 Å². The van der Waals surface area contributed by atoms with E-state index in [-0.39, 0.29) is 18.4 Å². The van der Waals surface area contributed by atoms with Crippen molar-refractivity contribution in [2.75, 3.05) is 51.7 Å². The van der Waals surface area contributed by atoms with Crippen molar-refractivity contribution in [3.8, 4) is 0 Å². The fourth-order valence-electron chi connectivity index (χ4n) is 2.36. The molecule has 1 aromatic rings. The van der Waals surface area contributed by atoms with Crippen LogP contribution in [0.1, 0.15) is 17.3 Å². The molecule has 1 aliphatic heterocycles. The number of piperazine rings is 1. The predicted molar refractivity (Wildman–Crippen MR) is 85.0 cm³/mol. The largest absolute Gasteiger partial charge is 0.462 e. The molecule has 0 aliphatic carbocycles. The van der Waals surface area contributed by atoms with E-state index in [0.29, 0.717) is 17.9 Å². The molecule has 1 aromatic carbocycles. The second-order valence-corrected chi connectivity index (χ2v) is 5.30. The highest BCUT2D eigenvalue weighted by molar-refractivity contribution is 5.96. The molecule has 0 saturated carbocycles. The molecular weight excluding hydrogens is 282 g/mol. The average Bonchev–Trinajstić information content (AvgIpc) is 2.54. The smallest absolute Gasteiger partial charge is 0.340 e. The zero-order valence-corrected chi connectivity index (χ0v) is 13.2. The quantitative estimate of drug-likeness (QED) is 0.824. The first kappa shape index (κ1) is 16.3. The van der Waals surface area contributed by atoms with Gasteiger partial charge in [-0.05, 0) is 26.1 Å². The summed E-state index contributed by atoms with van der Waals surface area (Å²) in [5, 5.41) is 3.06. The van der Waals surface area contributed by atoms with E-state index in [1.807, 2.05) is 11.0 Å². The Morgan fingerprint density at radius 1 is 1.18 bits per heavy atom. The maximum Gasteiger partial charge on any atom is 0.340 e. The van der Waals surface area contributed by atoms with Crippen molar-refractivity contribution in [1.82, 2.24) is 9.80 Å². The van der Waals surface area contributed by atoms with Crippen molar-refractivity contribution in [3.05, 3.63) is 29.8 Å². The number of ether oxygens (including phenoxy) is 1. The van der Waals surface area contributed by atoms with Gasteiger partial charge in [0.1, 0.15) is 0 Å². The number of para-hydroxylation sites is 1. The Morgan fingerprint density at radius 3 is 2.55 bits per heavy atom. The number of carbonyl (C=O) groups excluding carboxylic acids is 2. The van der Waals surface area contributed by atoms with Gasteiger partial charge in [-0.1, -0.05) is 12.1 Å². The minimum atomic E-state index is -0.377. The summed E-state index contributed by atoms with van der Waals surface area (Å²) in [7, 11) is 2.05. The molecule has 6 heteroatoms. The molecule has 0 spiro atoms. The highest BCUT2D eigenvalue weighted by atomic mass is 16.5. The lowest BCUT2D eigenvalue weighted by atomic mass is 10.2. The Bertz CT molecular complexity index is 525. The number of likely N-dealkylation sites (N-methyl/N-ethyl adjacent to an activating group) is 1. The summed E-state index contributed by atoms with van der Waals surface area (Å²) in [4.78, 5) is 28.1. The Labute approximate surface area is 131 Å². The standard InChI is InChI=1S/C16H23N3O3/c1-3-22-16(21)13-6-4-5-7-14(13)17-12-15(20)19-10-8-18(2)9-11-19/h4-7,17H,3,8-12H2,1-2H3. The van der Waals surface area contributed by atoms with E-state index in [1.54, 1.807) is 25.1 Å². The molecule has 0 bridgehead atoms. The number of esters is 1. The average molecular weight is 305 g/mol. The Morgan fingerprint density at radius 2 is 1.86 bits per heavy atom. The summed E-state index contributed by atoms with van der Waals surface area (Å²) in [6.45, 7) is 5.56. The number of hydrogen-bond donors (Lipinski definition) is 1. The Hall–Kier alpha value is -2.08. The summed E-state index contributed by atoms with van der Waals surface area (Å²) in [6.07, 6.45) is 0. The molecular formula is C16H23N3O3. The molecule has 0 radical (unpaired) electrons. The van der Waals surface area contributed by atoms with Crippen LogP contribution in [0, 0.1) is 0 Å². The first-order valence-electron chi connectivity index (χ1n) is 7.58. The van der Waals surface area contributed by atoms with Gasteiger partial charge in [0.15, 0.2) is 0 Å². The van der Waals surface area contributed by atoms with E-state index in [0.717, 1.165) is 26.2 Å². The van der Waals surface area contributed by atoms with Crippen molar-refractivity contribution in [2.45, 2.75) is 6.92 Å². The summed E-state index contributed by atoms with van der Waals surface area (Å²) in [5.74, 6) is -0.329. The molecule has 2 rings (SSSR count). The lowest BCUT2D eigenvalue weighted by Crippen LogP contribution is -2.48. The van der Waals surface area contributed by atoms with Crippen molar-refractivity contribution >= 4 is 17.6 Å². The van der Waals surface area contributed by atoms with Gasteiger partial charge in [-0.2, -0.15) is 0 Å². The van der Waals surface area contributed by atoms with Crippen molar-refractivity contribution in [1.29, 1.82) is 0 Å². The molecule has 0 aromatic heterocycles. The van der Waals surface area contributed by atoms with Crippen LogP contribution in [0.15, 0.2) is 24.3 Å². The minimum Gasteiger partial charge on any atom is -0.462 e. The number of hydrogen-bond acceptors (Lipinski definition) is 5. The molecule has 120 valence electrons. The van der Waals surface area contributed by atoms with Gasteiger partial charge in [-0.25, -0.2) is 4.79 Å². The Kier molecular flexibility index (Phi) is 5.77. The molecule has 1 amide bonds. The molecule has 0 atom stereocenters. The fourth-order valence-corrected chi connectivity index (χ4v) is 2.36. The third-order valence-electron chi connectivity index (χ3n) is 3.71. The van der Waals surface area contributed by atoms with Crippen LogP contribution >= 0.6 is 0 Å². The maximum absolute atomic E-state index is 12.2. The first-order valence-corrected chi connectivity index (χ1v) is 7.58. The van der Waals surface area contributed by atoms with E-state index >= 15 is 0 Å². The van der Waals surface area contributed by atoms with Crippen molar-refractivity contribution in [3.63, 3.8) is 0 Å². The topological polar surface area (TPSA) is 61.9 Å². The van der Waals surface area contributed by atoms with E-state index in [1.165, 1.54) is 0 Å². The highest BCUT2D eigenvalue weighted by Crippen LogP contribution is 2.16. The monoisotopic (exact) mass is 305 g/mol. The van der Waals surface area contributed by atoms with Gasteiger partial charge in [0.2, 0.25) is 5.91 Å². The summed E-state index contributed by atoms with van der Waals surface area (Å²) < 4.78 is 5.02. The zero-order chi connectivity index (χ0) is 15.9. The second kappa shape index (κ2) is 7.79. The number of anilines is 1. The number of amides is 1. The zero-order valence-electron chi connectivity index (χ0n) is 13.2. The molecule has 1 saturated heterocycles. The lowest BCUT2D eigenvalue weighted by Gasteiger charge is -2.32. The fraction of sp³-hybridized carbons (Fsp3) is 0.500. The summed E-state index contributed by atoms with van der Waals surface area (Å²) in [5.41, 5.74) is 1.08. The van der Waals surface area contributed by atoms with Gasteiger partial charge < -0.3 is 19.9 Å². The van der Waals surface area contributed by atoms with Gasteiger partial charge in [0.05, 0.1) is 18.7 Å². The van der Waals surface area contributed by atoms with Crippen LogP contribution in [0.3, 0.4) is 0 Å².